The second kappa shape index (κ2) is 14.4. The van der Waals surface area contributed by atoms with Crippen molar-refractivity contribution in [3.05, 3.63) is 29.8 Å². The minimum absolute atomic E-state index is 0. The topological polar surface area (TPSA) is 77.4 Å². The van der Waals surface area contributed by atoms with E-state index in [1.165, 1.54) is 12.1 Å². The molecule has 1 aromatic carbocycles. The fourth-order valence-electron chi connectivity index (χ4n) is 4.94. The van der Waals surface area contributed by atoms with Crippen molar-refractivity contribution in [2.45, 2.75) is 49.4 Å². The SMILES string of the molecule is Cl.Cl.Cl.OC[C@@H]1O[C@H](CNC2CCOCC2)[C@H](N2CCN(c3cccc(C(F)(F)F)c3)CC2)[C@@H]1O. The number of aliphatic hydroxyl groups is 2. The third kappa shape index (κ3) is 7.96. The lowest BCUT2D eigenvalue weighted by molar-refractivity contribution is -0.137. The van der Waals surface area contributed by atoms with Crippen molar-refractivity contribution >= 4 is 42.9 Å². The molecule has 7 nitrogen and oxygen atoms in total. The molecule has 3 aliphatic rings. The lowest BCUT2D eigenvalue weighted by Gasteiger charge is -2.41. The molecule has 0 unspecified atom stereocenters. The van der Waals surface area contributed by atoms with E-state index >= 15 is 0 Å². The quantitative estimate of drug-likeness (QED) is 0.486. The highest BCUT2D eigenvalue weighted by Crippen LogP contribution is 2.32. The van der Waals surface area contributed by atoms with Crippen LogP contribution in [0.15, 0.2) is 24.3 Å². The van der Waals surface area contributed by atoms with Crippen LogP contribution in [0.5, 0.6) is 0 Å². The highest BCUT2D eigenvalue weighted by molar-refractivity contribution is 5.86. The summed E-state index contributed by atoms with van der Waals surface area (Å²) in [5.41, 5.74) is -0.101. The van der Waals surface area contributed by atoms with Crippen LogP contribution >= 0.6 is 37.2 Å². The second-order valence-electron chi connectivity index (χ2n) is 8.74. The molecule has 4 rings (SSSR count). The van der Waals surface area contributed by atoms with Crippen molar-refractivity contribution in [1.82, 2.24) is 10.2 Å². The molecule has 0 spiro atoms. The molecule has 0 bridgehead atoms. The number of benzene rings is 1. The van der Waals surface area contributed by atoms with Crippen LogP contribution in [0.2, 0.25) is 0 Å². The van der Waals surface area contributed by atoms with Crippen molar-refractivity contribution in [1.29, 1.82) is 0 Å². The molecule has 3 aliphatic heterocycles. The number of nitrogens with zero attached hydrogens (tertiary/aromatic N) is 2. The number of nitrogens with one attached hydrogen (secondary N) is 1. The molecule has 3 saturated heterocycles. The van der Waals surface area contributed by atoms with Gasteiger partial charge in [0.1, 0.15) is 12.2 Å². The first kappa shape index (κ1) is 32.5. The lowest BCUT2D eigenvalue weighted by atomic mass is 10.0. The lowest BCUT2D eigenvalue weighted by Crippen LogP contribution is -2.57. The zero-order chi connectivity index (χ0) is 22.7. The van der Waals surface area contributed by atoms with Crippen molar-refractivity contribution in [2.24, 2.45) is 0 Å². The van der Waals surface area contributed by atoms with Gasteiger partial charge < -0.3 is 29.9 Å². The summed E-state index contributed by atoms with van der Waals surface area (Å²) in [6.07, 6.45) is -4.24. The van der Waals surface area contributed by atoms with Gasteiger partial charge in [0.2, 0.25) is 0 Å². The van der Waals surface area contributed by atoms with Crippen molar-refractivity contribution in [2.75, 3.05) is 57.4 Å². The van der Waals surface area contributed by atoms with Crippen LogP contribution in [0.25, 0.3) is 0 Å². The standard InChI is InChI=1S/C22H32F3N3O4.3ClH/c23-22(24,25)15-2-1-3-17(12-15)27-6-8-28(9-7-27)20-18(32-19(14-29)21(20)30)13-26-16-4-10-31-11-5-16;;;/h1-3,12,16,18-21,26,29-30H,4-11,13-14H2;3*1H/t18-,19+,20+,21-;;;/m1.../s1. The highest BCUT2D eigenvalue weighted by atomic mass is 35.5. The number of rotatable bonds is 6. The van der Waals surface area contributed by atoms with Crippen molar-refractivity contribution in [3.63, 3.8) is 0 Å². The maximum atomic E-state index is 13.1. The summed E-state index contributed by atoms with van der Waals surface area (Å²) in [7, 11) is 0. The molecule has 0 aromatic heterocycles. The van der Waals surface area contributed by atoms with Crippen LogP contribution in [-0.2, 0) is 15.7 Å². The van der Waals surface area contributed by atoms with E-state index in [0.29, 0.717) is 44.5 Å². The zero-order valence-electron chi connectivity index (χ0n) is 19.2. The Labute approximate surface area is 222 Å². The van der Waals surface area contributed by atoms with E-state index in [4.69, 9.17) is 9.47 Å². The van der Waals surface area contributed by atoms with Gasteiger partial charge in [-0.15, -0.1) is 37.2 Å². The summed E-state index contributed by atoms with van der Waals surface area (Å²) in [4.78, 5) is 4.08. The molecular formula is C22H35Cl3F3N3O4. The Morgan fingerprint density at radius 3 is 2.26 bits per heavy atom. The molecule has 3 N–H and O–H groups in total. The molecule has 0 amide bonds. The maximum Gasteiger partial charge on any atom is 0.416 e. The molecule has 35 heavy (non-hydrogen) atoms. The van der Waals surface area contributed by atoms with Gasteiger partial charge >= 0.3 is 6.18 Å². The Morgan fingerprint density at radius 1 is 1.00 bits per heavy atom. The Kier molecular flexibility index (Phi) is 13.4. The number of anilines is 1. The van der Waals surface area contributed by atoms with Crippen LogP contribution in [0.1, 0.15) is 18.4 Å². The second-order valence-corrected chi connectivity index (χ2v) is 8.74. The summed E-state index contributed by atoms with van der Waals surface area (Å²) in [6.45, 7) is 4.05. The predicted octanol–water partition coefficient (Wildman–Crippen LogP) is 2.35. The summed E-state index contributed by atoms with van der Waals surface area (Å²) in [5, 5.41) is 23.9. The summed E-state index contributed by atoms with van der Waals surface area (Å²) in [5.74, 6) is 0. The molecule has 1 aromatic rings. The average Bonchev–Trinajstić information content (AvgIpc) is 3.13. The van der Waals surface area contributed by atoms with E-state index in [0.717, 1.165) is 32.1 Å². The van der Waals surface area contributed by atoms with Gasteiger partial charge in [0.05, 0.1) is 24.3 Å². The molecule has 0 radical (unpaired) electrons. The van der Waals surface area contributed by atoms with Crippen LogP contribution < -0.4 is 10.2 Å². The first-order valence-corrected chi connectivity index (χ1v) is 11.3. The average molecular weight is 569 g/mol. The summed E-state index contributed by atoms with van der Waals surface area (Å²) < 4.78 is 50.6. The molecule has 4 atom stereocenters. The normalized spacial score (nSPS) is 28.1. The first-order valence-electron chi connectivity index (χ1n) is 11.3. The van der Waals surface area contributed by atoms with E-state index in [-0.39, 0.29) is 56.0 Å². The minimum Gasteiger partial charge on any atom is -0.394 e. The Hall–Kier alpha value is -0.560. The van der Waals surface area contributed by atoms with Crippen molar-refractivity contribution in [3.8, 4) is 0 Å². The van der Waals surface area contributed by atoms with E-state index in [1.54, 1.807) is 6.07 Å². The van der Waals surface area contributed by atoms with Gasteiger partial charge in [0.25, 0.3) is 0 Å². The van der Waals surface area contributed by atoms with Crippen LogP contribution in [-0.4, -0.2) is 98.1 Å². The summed E-state index contributed by atoms with van der Waals surface area (Å²) in [6, 6.07) is 5.46. The Morgan fingerprint density at radius 2 is 1.66 bits per heavy atom. The van der Waals surface area contributed by atoms with E-state index in [9.17, 15) is 23.4 Å². The molecule has 3 fully saturated rings. The largest absolute Gasteiger partial charge is 0.416 e. The van der Waals surface area contributed by atoms with E-state index < -0.39 is 23.9 Å². The van der Waals surface area contributed by atoms with Crippen LogP contribution in [0, 0.1) is 0 Å². The van der Waals surface area contributed by atoms with Gasteiger partial charge in [0.15, 0.2) is 0 Å². The number of piperazine rings is 1. The van der Waals surface area contributed by atoms with E-state index in [1.807, 2.05) is 4.90 Å². The number of alkyl halides is 3. The molecule has 13 heteroatoms. The number of ether oxygens (including phenoxy) is 2. The van der Waals surface area contributed by atoms with Crippen LogP contribution in [0.3, 0.4) is 0 Å². The van der Waals surface area contributed by atoms with Gasteiger partial charge in [-0.2, -0.15) is 13.2 Å². The Bertz CT molecular complexity index is 754. The van der Waals surface area contributed by atoms with Gasteiger partial charge in [-0.1, -0.05) is 6.07 Å². The number of aliphatic hydroxyl groups excluding tert-OH is 2. The fraction of sp³-hybridized carbons (Fsp3) is 0.727. The van der Waals surface area contributed by atoms with Crippen LogP contribution in [0.4, 0.5) is 18.9 Å². The third-order valence-corrected chi connectivity index (χ3v) is 6.74. The third-order valence-electron chi connectivity index (χ3n) is 6.74. The van der Waals surface area contributed by atoms with Crippen molar-refractivity contribution < 1.29 is 32.9 Å². The molecule has 3 heterocycles. The fourth-order valence-corrected chi connectivity index (χ4v) is 4.94. The summed E-state index contributed by atoms with van der Waals surface area (Å²) >= 11 is 0. The number of halogens is 6. The van der Waals surface area contributed by atoms with Gasteiger partial charge in [0, 0.05) is 57.7 Å². The predicted molar refractivity (Wildman–Crippen MR) is 134 cm³/mol. The minimum atomic E-state index is -4.37. The molecule has 0 saturated carbocycles. The molecule has 204 valence electrons. The van der Waals surface area contributed by atoms with E-state index in [2.05, 4.69) is 10.2 Å². The molecular weight excluding hydrogens is 534 g/mol. The molecule has 0 aliphatic carbocycles. The monoisotopic (exact) mass is 567 g/mol. The first-order chi connectivity index (χ1) is 15.4. The number of hydrogen-bond donors (Lipinski definition) is 3. The maximum absolute atomic E-state index is 13.1. The Balaban J connectivity index is 0.00000204. The highest BCUT2D eigenvalue weighted by Gasteiger charge is 2.46. The van der Waals surface area contributed by atoms with Gasteiger partial charge in [-0.3, -0.25) is 4.90 Å². The van der Waals surface area contributed by atoms with Gasteiger partial charge in [-0.25, -0.2) is 0 Å². The van der Waals surface area contributed by atoms with Gasteiger partial charge in [-0.05, 0) is 31.0 Å². The number of hydrogen-bond acceptors (Lipinski definition) is 7. The smallest absolute Gasteiger partial charge is 0.394 e. The zero-order valence-corrected chi connectivity index (χ0v) is 21.7.